The number of hydrogen-bond acceptors (Lipinski definition) is 0. The summed E-state index contributed by atoms with van der Waals surface area (Å²) in [5.74, 6) is 0. The van der Waals surface area contributed by atoms with Crippen LogP contribution in [0.1, 0.15) is 77.9 Å². The Morgan fingerprint density at radius 3 is 1.09 bits per heavy atom. The molecule has 324 valence electrons. The third-order valence-corrected chi connectivity index (χ3v) is 12.5. The van der Waals surface area contributed by atoms with E-state index in [1.807, 2.05) is 0 Å². The Hall–Kier alpha value is -8.58. The second-order valence-electron chi connectivity index (χ2n) is 17.4. The normalized spacial score (nSPS) is 12.0. The average molecular weight is 869 g/mol. The van der Waals surface area contributed by atoms with Crippen LogP contribution < -0.4 is 0 Å². The zero-order valence-corrected chi connectivity index (χ0v) is 38.1. The van der Waals surface area contributed by atoms with Gasteiger partial charge in [-0.2, -0.15) is 0 Å². The third kappa shape index (κ3) is 11.1. The first-order valence-corrected chi connectivity index (χ1v) is 23.6. The van der Waals surface area contributed by atoms with Gasteiger partial charge in [-0.05, 0) is 137 Å². The Bertz CT molecular complexity index is 3340. The van der Waals surface area contributed by atoms with Crippen LogP contribution in [-0.4, -0.2) is 0 Å². The molecule has 0 spiro atoms. The predicted octanol–water partition coefficient (Wildman–Crippen LogP) is 17.5. The van der Waals surface area contributed by atoms with Crippen LogP contribution in [0.4, 0.5) is 0 Å². The highest BCUT2D eigenvalue weighted by molar-refractivity contribution is 5.96. The second kappa shape index (κ2) is 21.2. The van der Waals surface area contributed by atoms with Crippen molar-refractivity contribution in [1.82, 2.24) is 0 Å². The molecular formula is C68H52. The standard InChI is InChI=1S/C68H52/c1-5-15-53(16-6-1)45-55-36-40-62(41-37-55)67(60-19-9-3-10-20-60)49-57-30-25-51(26-31-57)29-34-59-47-64-23-13-14-24-66(64)65(48-59)44-35-52-27-32-58(33-28-52)50-68(61-21-11-4-12-22-61)63-42-38-56(39-43-63)46-54-17-7-2-8-18-54/h1-44,47-50H,45-46H2/b34-29-,44-35-,67-49-,68-50-. The largest absolute Gasteiger partial charge is 0.0622 e. The van der Waals surface area contributed by atoms with Crippen LogP contribution in [0.15, 0.2) is 255 Å². The maximum atomic E-state index is 2.30. The van der Waals surface area contributed by atoms with Gasteiger partial charge in [-0.25, -0.2) is 0 Å². The lowest BCUT2D eigenvalue weighted by molar-refractivity contribution is 1.19. The van der Waals surface area contributed by atoms with Crippen LogP contribution in [0, 0.1) is 0 Å². The minimum absolute atomic E-state index is 0.925. The van der Waals surface area contributed by atoms with Crippen LogP contribution in [0.5, 0.6) is 0 Å². The molecule has 0 unspecified atom stereocenters. The van der Waals surface area contributed by atoms with Gasteiger partial charge in [0.25, 0.3) is 0 Å². The maximum Gasteiger partial charge on any atom is -0.00258 e. The zero-order valence-electron chi connectivity index (χ0n) is 38.1. The summed E-state index contributed by atoms with van der Waals surface area (Å²) in [5, 5.41) is 2.46. The second-order valence-corrected chi connectivity index (χ2v) is 17.4. The van der Waals surface area contributed by atoms with Crippen LogP contribution >= 0.6 is 0 Å². The van der Waals surface area contributed by atoms with Gasteiger partial charge in [0.1, 0.15) is 0 Å². The summed E-state index contributed by atoms with van der Waals surface area (Å²) in [7, 11) is 0. The van der Waals surface area contributed by atoms with E-state index in [0.29, 0.717) is 0 Å². The van der Waals surface area contributed by atoms with Crippen LogP contribution in [0.3, 0.4) is 0 Å². The smallest absolute Gasteiger partial charge is 0.00258 e. The molecule has 68 heavy (non-hydrogen) atoms. The maximum absolute atomic E-state index is 2.30. The van der Waals surface area contributed by atoms with Crippen LogP contribution in [0.25, 0.3) is 58.4 Å². The van der Waals surface area contributed by atoms with E-state index < -0.39 is 0 Å². The van der Waals surface area contributed by atoms with Crippen LogP contribution in [0.2, 0.25) is 0 Å². The molecule has 0 aliphatic rings. The SMILES string of the molecule is C(=C/c1cc(/C=C\c2ccc(/C=C(/c3ccccc3)c3ccc(Cc4ccccc4)cc3)cc2)c2ccccc2c1)/c1ccc(/C=C(/c2ccccc2)c2ccc(Cc3ccccc3)cc2)cc1. The number of rotatable bonds is 14. The van der Waals surface area contributed by atoms with Crippen molar-refractivity contribution in [2.75, 3.05) is 0 Å². The highest BCUT2D eigenvalue weighted by atomic mass is 14.1. The molecule has 0 saturated heterocycles. The van der Waals surface area contributed by atoms with Gasteiger partial charge in [0.15, 0.2) is 0 Å². The minimum Gasteiger partial charge on any atom is -0.0622 e. The summed E-state index contributed by atoms with van der Waals surface area (Å²) < 4.78 is 0. The van der Waals surface area contributed by atoms with Gasteiger partial charge >= 0.3 is 0 Å². The highest BCUT2D eigenvalue weighted by Gasteiger charge is 2.09. The minimum atomic E-state index is 0.925. The van der Waals surface area contributed by atoms with Crippen molar-refractivity contribution in [2.24, 2.45) is 0 Å². The molecule has 0 radical (unpaired) electrons. The molecule has 10 aromatic rings. The molecule has 10 aromatic carbocycles. The Kier molecular flexibility index (Phi) is 13.5. The molecule has 0 N–H and O–H groups in total. The summed E-state index contributed by atoms with van der Waals surface area (Å²) in [6.07, 6.45) is 15.4. The van der Waals surface area contributed by atoms with E-state index in [0.717, 1.165) is 40.7 Å². The van der Waals surface area contributed by atoms with E-state index in [1.54, 1.807) is 0 Å². The van der Waals surface area contributed by atoms with Crippen LogP contribution in [-0.2, 0) is 12.8 Å². The zero-order chi connectivity index (χ0) is 45.7. The van der Waals surface area contributed by atoms with Gasteiger partial charge in [-0.3, -0.25) is 0 Å². The summed E-state index contributed by atoms with van der Waals surface area (Å²) in [4.78, 5) is 0. The van der Waals surface area contributed by atoms with E-state index in [1.165, 1.54) is 72.0 Å². The fourth-order valence-electron chi connectivity index (χ4n) is 8.89. The van der Waals surface area contributed by atoms with E-state index >= 15 is 0 Å². The molecule has 0 aliphatic carbocycles. The fraction of sp³-hybridized carbons (Fsp3) is 0.0294. The lowest BCUT2D eigenvalue weighted by Crippen LogP contribution is -1.91. The molecule has 0 nitrogen and oxygen atoms in total. The van der Waals surface area contributed by atoms with Crippen molar-refractivity contribution in [3.8, 4) is 0 Å². The van der Waals surface area contributed by atoms with Crippen molar-refractivity contribution >= 4 is 58.4 Å². The monoisotopic (exact) mass is 868 g/mol. The molecule has 0 heteroatoms. The average Bonchev–Trinajstić information content (AvgIpc) is 3.40. The molecular weight excluding hydrogens is 817 g/mol. The molecule has 0 aromatic heterocycles. The lowest BCUT2D eigenvalue weighted by Gasteiger charge is -2.11. The van der Waals surface area contributed by atoms with Gasteiger partial charge < -0.3 is 0 Å². The fourth-order valence-corrected chi connectivity index (χ4v) is 8.89. The van der Waals surface area contributed by atoms with Crippen molar-refractivity contribution < 1.29 is 0 Å². The Labute approximate surface area is 401 Å². The number of hydrogen-bond donors (Lipinski definition) is 0. The first kappa shape index (κ1) is 43.3. The van der Waals surface area contributed by atoms with Crippen molar-refractivity contribution in [2.45, 2.75) is 12.8 Å². The summed E-state index contributed by atoms with van der Waals surface area (Å²) in [6, 6.07) is 91.7. The quantitative estimate of drug-likeness (QED) is 0.0955. The Morgan fingerprint density at radius 1 is 0.265 bits per heavy atom. The van der Waals surface area contributed by atoms with E-state index in [2.05, 4.69) is 291 Å². The topological polar surface area (TPSA) is 0 Å². The van der Waals surface area contributed by atoms with Gasteiger partial charge in [-0.15, -0.1) is 0 Å². The van der Waals surface area contributed by atoms with E-state index in [9.17, 15) is 0 Å². The molecule has 10 rings (SSSR count). The molecule has 0 atom stereocenters. The first-order chi connectivity index (χ1) is 33.6. The molecule has 0 saturated carbocycles. The number of fused-ring (bicyclic) bond motifs is 1. The van der Waals surface area contributed by atoms with Gasteiger partial charge in [0.2, 0.25) is 0 Å². The van der Waals surface area contributed by atoms with Gasteiger partial charge in [0.05, 0.1) is 0 Å². The first-order valence-electron chi connectivity index (χ1n) is 23.6. The number of benzene rings is 10. The summed E-state index contributed by atoms with van der Waals surface area (Å²) in [5.41, 5.74) is 19.5. The van der Waals surface area contributed by atoms with Crippen molar-refractivity contribution in [3.63, 3.8) is 0 Å². The summed E-state index contributed by atoms with van der Waals surface area (Å²) >= 11 is 0. The predicted molar refractivity (Wildman–Crippen MR) is 293 cm³/mol. The lowest BCUT2D eigenvalue weighted by atomic mass is 9.94. The molecule has 0 amide bonds. The van der Waals surface area contributed by atoms with E-state index in [4.69, 9.17) is 0 Å². The van der Waals surface area contributed by atoms with Crippen molar-refractivity contribution in [1.29, 1.82) is 0 Å². The molecule has 0 bridgehead atoms. The Morgan fingerprint density at radius 2 is 0.618 bits per heavy atom. The van der Waals surface area contributed by atoms with Gasteiger partial charge in [-0.1, -0.05) is 267 Å². The summed E-state index contributed by atoms with van der Waals surface area (Å²) in [6.45, 7) is 0. The molecule has 0 fully saturated rings. The van der Waals surface area contributed by atoms with Crippen molar-refractivity contribution in [3.05, 3.63) is 333 Å². The third-order valence-electron chi connectivity index (χ3n) is 12.5. The van der Waals surface area contributed by atoms with E-state index in [-0.39, 0.29) is 0 Å². The van der Waals surface area contributed by atoms with Gasteiger partial charge in [0, 0.05) is 0 Å². The Balaban J connectivity index is 0.857. The molecule has 0 aliphatic heterocycles. The molecule has 0 heterocycles. The highest BCUT2D eigenvalue weighted by Crippen LogP contribution is 2.30.